The number of hydrogen-bond acceptors (Lipinski definition) is 5. The second kappa shape index (κ2) is 8.85. The van der Waals surface area contributed by atoms with Gasteiger partial charge in [-0.2, -0.15) is 0 Å². The highest BCUT2D eigenvalue weighted by molar-refractivity contribution is 6.74. The molecule has 2 heterocycles. The Hall–Kier alpha value is -1.63. The number of phenols is 1. The summed E-state index contributed by atoms with van der Waals surface area (Å²) in [5.74, 6) is -0.513. The third kappa shape index (κ3) is 5.16. The number of hydrogen-bond donors (Lipinski definition) is 1. The molecular formula is C24H36O5Si. The van der Waals surface area contributed by atoms with E-state index in [1.54, 1.807) is 12.1 Å². The number of carbonyl (C=O) groups excluding carboxylic acids is 1. The highest BCUT2D eigenvalue weighted by Crippen LogP contribution is 2.40. The quantitative estimate of drug-likeness (QED) is 0.393. The lowest BCUT2D eigenvalue weighted by molar-refractivity contribution is -0.106. The van der Waals surface area contributed by atoms with Crippen LogP contribution in [0.5, 0.6) is 5.75 Å². The van der Waals surface area contributed by atoms with Gasteiger partial charge in [-0.25, -0.2) is 4.79 Å². The van der Waals surface area contributed by atoms with Crippen molar-refractivity contribution in [3.8, 4) is 5.75 Å². The van der Waals surface area contributed by atoms with Gasteiger partial charge in [-0.3, -0.25) is 0 Å². The molecule has 2 bridgehead atoms. The zero-order chi connectivity index (χ0) is 22.1. The minimum Gasteiger partial charge on any atom is -0.507 e. The predicted molar refractivity (Wildman–Crippen MR) is 120 cm³/mol. The maximum Gasteiger partial charge on any atom is 0.342 e. The highest BCUT2D eigenvalue weighted by Gasteiger charge is 2.42. The van der Waals surface area contributed by atoms with E-state index in [-0.39, 0.29) is 40.8 Å². The number of phenolic OH excluding ortho intramolecular Hbond substituents is 1. The van der Waals surface area contributed by atoms with E-state index in [4.69, 9.17) is 13.9 Å². The minimum absolute atomic E-state index is 0.0323. The number of benzene rings is 1. The van der Waals surface area contributed by atoms with Crippen LogP contribution in [-0.2, 0) is 20.3 Å². The van der Waals surface area contributed by atoms with E-state index in [0.717, 1.165) is 18.4 Å². The molecule has 1 N–H and O–H groups in total. The Morgan fingerprint density at radius 1 is 1.23 bits per heavy atom. The average molecular weight is 433 g/mol. The molecule has 1 aromatic rings. The third-order valence-corrected chi connectivity index (χ3v) is 11.2. The molecule has 0 saturated carbocycles. The second-order valence-corrected chi connectivity index (χ2v) is 14.9. The molecule has 0 radical (unpaired) electrons. The number of esters is 1. The fourth-order valence-corrected chi connectivity index (χ4v) is 5.54. The highest BCUT2D eigenvalue weighted by atomic mass is 28.4. The van der Waals surface area contributed by atoms with Gasteiger partial charge >= 0.3 is 5.97 Å². The molecule has 30 heavy (non-hydrogen) atoms. The van der Waals surface area contributed by atoms with E-state index in [0.29, 0.717) is 19.3 Å². The molecule has 1 unspecified atom stereocenters. The van der Waals surface area contributed by atoms with Crippen LogP contribution in [0.25, 0.3) is 0 Å². The molecular weight excluding hydrogens is 396 g/mol. The van der Waals surface area contributed by atoms with Gasteiger partial charge in [0.15, 0.2) is 8.32 Å². The van der Waals surface area contributed by atoms with Gasteiger partial charge in [-0.05, 0) is 49.0 Å². The molecule has 0 spiro atoms. The van der Waals surface area contributed by atoms with E-state index in [2.05, 4.69) is 40.4 Å². The number of aromatic hydroxyl groups is 1. The lowest BCUT2D eigenvalue weighted by Crippen LogP contribution is -2.48. The van der Waals surface area contributed by atoms with Crippen LogP contribution >= 0.6 is 0 Å². The fraction of sp³-hybridized carbons (Fsp3) is 0.625. The summed E-state index contributed by atoms with van der Waals surface area (Å²) in [6.45, 7) is 15.1. The molecule has 3 rings (SSSR count). The van der Waals surface area contributed by atoms with Crippen LogP contribution < -0.4 is 0 Å². The summed E-state index contributed by atoms with van der Waals surface area (Å²) in [5.41, 5.74) is 1.01. The van der Waals surface area contributed by atoms with Gasteiger partial charge < -0.3 is 19.0 Å². The van der Waals surface area contributed by atoms with E-state index in [1.807, 2.05) is 6.07 Å². The molecule has 1 aromatic carbocycles. The number of rotatable bonds is 4. The summed E-state index contributed by atoms with van der Waals surface area (Å²) >= 11 is 0. The number of fused-ring (bicyclic) bond motifs is 3. The summed E-state index contributed by atoms with van der Waals surface area (Å²) < 4.78 is 19.0. The molecule has 6 heteroatoms. The zero-order valence-electron chi connectivity index (χ0n) is 18.9. The fourth-order valence-electron chi connectivity index (χ4n) is 4.16. The third-order valence-electron chi connectivity index (χ3n) is 6.71. The van der Waals surface area contributed by atoms with Crippen LogP contribution in [0.3, 0.4) is 0 Å². The Bertz CT molecular complexity index is 782. The maximum atomic E-state index is 12.8. The van der Waals surface area contributed by atoms with Gasteiger partial charge in [0, 0.05) is 18.9 Å². The Morgan fingerprint density at radius 3 is 2.60 bits per heavy atom. The summed E-state index contributed by atoms with van der Waals surface area (Å²) in [5, 5.41) is 10.5. The minimum atomic E-state index is -1.91. The van der Waals surface area contributed by atoms with Crippen LogP contribution in [-0.4, -0.2) is 43.8 Å². The van der Waals surface area contributed by atoms with Crippen molar-refractivity contribution in [1.82, 2.24) is 0 Å². The molecule has 1 saturated heterocycles. The Morgan fingerprint density at radius 2 is 1.93 bits per heavy atom. The second-order valence-electron chi connectivity index (χ2n) is 10.2. The number of carbonyl (C=O) groups is 1. The molecule has 0 aliphatic carbocycles. The molecule has 2 aliphatic heterocycles. The van der Waals surface area contributed by atoms with E-state index < -0.39 is 14.3 Å². The molecule has 0 amide bonds. The largest absolute Gasteiger partial charge is 0.507 e. The first-order chi connectivity index (χ1) is 14.0. The summed E-state index contributed by atoms with van der Waals surface area (Å²) in [6.07, 6.45) is 4.76. The molecule has 0 aromatic heterocycles. The summed E-state index contributed by atoms with van der Waals surface area (Å²) in [4.78, 5) is 12.8. The number of ether oxygens (including phenoxy) is 2. The standard InChI is InChI=1S/C24H36O5Si/c1-7-9-17-13-19-15-20(29-30(5,6)24(2,3)4)14-18(27-19)12-16-10-8-11-21(25)22(16)23(26)28-17/h7-8,10-11,17-20,25H,1,9,12-15H2,2-6H3/t17-,18-,19-,20?/m0/s1. The topological polar surface area (TPSA) is 65.0 Å². The summed E-state index contributed by atoms with van der Waals surface area (Å²) in [7, 11) is -1.91. The van der Waals surface area contributed by atoms with Gasteiger partial charge in [0.2, 0.25) is 0 Å². The monoisotopic (exact) mass is 432 g/mol. The molecule has 2 aliphatic rings. The van der Waals surface area contributed by atoms with Crippen LogP contribution in [0.15, 0.2) is 30.9 Å². The van der Waals surface area contributed by atoms with Crippen molar-refractivity contribution in [3.05, 3.63) is 42.0 Å². The predicted octanol–water partition coefficient (Wildman–Crippen LogP) is 5.38. The van der Waals surface area contributed by atoms with Gasteiger partial charge in [-0.1, -0.05) is 39.0 Å². The van der Waals surface area contributed by atoms with Gasteiger partial charge in [0.1, 0.15) is 17.4 Å². The molecule has 4 atom stereocenters. The average Bonchev–Trinajstić information content (AvgIpc) is 2.59. The van der Waals surface area contributed by atoms with Crippen molar-refractivity contribution in [2.24, 2.45) is 0 Å². The van der Waals surface area contributed by atoms with E-state index >= 15 is 0 Å². The molecule has 5 nitrogen and oxygen atoms in total. The van der Waals surface area contributed by atoms with Gasteiger partial charge in [0.05, 0.1) is 12.2 Å². The Labute approximate surface area is 181 Å². The smallest absolute Gasteiger partial charge is 0.342 e. The molecule has 1 fully saturated rings. The van der Waals surface area contributed by atoms with Crippen LogP contribution in [0.2, 0.25) is 18.1 Å². The van der Waals surface area contributed by atoms with Crippen molar-refractivity contribution in [2.75, 3.05) is 0 Å². The lowest BCUT2D eigenvalue weighted by Gasteiger charge is -2.44. The first-order valence-corrected chi connectivity index (χ1v) is 13.9. The van der Waals surface area contributed by atoms with Crippen molar-refractivity contribution in [1.29, 1.82) is 0 Å². The van der Waals surface area contributed by atoms with Crippen molar-refractivity contribution in [2.45, 2.75) is 95.4 Å². The first kappa shape index (κ1) is 23.0. The van der Waals surface area contributed by atoms with Gasteiger partial charge in [0.25, 0.3) is 0 Å². The molecule has 166 valence electrons. The van der Waals surface area contributed by atoms with Crippen LogP contribution in [0.1, 0.15) is 62.4 Å². The van der Waals surface area contributed by atoms with Crippen molar-refractivity contribution < 1.29 is 23.8 Å². The van der Waals surface area contributed by atoms with Gasteiger partial charge in [-0.15, -0.1) is 6.58 Å². The van der Waals surface area contributed by atoms with E-state index in [9.17, 15) is 9.90 Å². The van der Waals surface area contributed by atoms with Crippen molar-refractivity contribution >= 4 is 14.3 Å². The zero-order valence-corrected chi connectivity index (χ0v) is 19.9. The van der Waals surface area contributed by atoms with Crippen molar-refractivity contribution in [3.63, 3.8) is 0 Å². The summed E-state index contributed by atoms with van der Waals surface area (Å²) in [6, 6.07) is 5.16. The van der Waals surface area contributed by atoms with E-state index in [1.165, 1.54) is 6.07 Å². The Balaban J connectivity index is 1.91. The maximum absolute atomic E-state index is 12.8. The normalized spacial score (nSPS) is 27.7. The SMILES string of the molecule is C=CC[C@H]1C[C@H]2CC(O[Si](C)(C)C(C)(C)C)C[C@H](Cc3cccc(O)c3C(=O)O1)O2. The lowest BCUT2D eigenvalue weighted by atomic mass is 9.91. The first-order valence-electron chi connectivity index (χ1n) is 11.0. The van der Waals surface area contributed by atoms with Crippen LogP contribution in [0, 0.1) is 0 Å². The number of cyclic esters (lactones) is 1. The Kier molecular flexibility index (Phi) is 6.80. The van der Waals surface area contributed by atoms with Crippen LogP contribution in [0.4, 0.5) is 0 Å².